The van der Waals surface area contributed by atoms with Crippen LogP contribution in [0.5, 0.6) is 0 Å². The second-order valence-electron chi connectivity index (χ2n) is 4.36. The van der Waals surface area contributed by atoms with Crippen molar-refractivity contribution in [3.05, 3.63) is 41.7 Å². The van der Waals surface area contributed by atoms with E-state index in [1.54, 1.807) is 19.1 Å². The Hall–Kier alpha value is -2.11. The van der Waals surface area contributed by atoms with Crippen LogP contribution in [0.3, 0.4) is 0 Å². The summed E-state index contributed by atoms with van der Waals surface area (Å²) in [5.41, 5.74) is 1.91. The number of hydrogen-bond donors (Lipinski definition) is 1. The van der Waals surface area contributed by atoms with Gasteiger partial charge in [-0.1, -0.05) is 29.8 Å². The van der Waals surface area contributed by atoms with E-state index in [1.165, 1.54) is 6.07 Å². The number of benzene rings is 1. The van der Waals surface area contributed by atoms with Crippen LogP contribution in [-0.2, 0) is 6.18 Å². The molecule has 0 aliphatic heterocycles. The van der Waals surface area contributed by atoms with Crippen LogP contribution >= 0.6 is 0 Å². The molecule has 0 spiro atoms. The number of aromatic nitrogens is 2. The number of halogens is 3. The highest BCUT2D eigenvalue weighted by Crippen LogP contribution is 2.29. The molecule has 0 fully saturated rings. The lowest BCUT2D eigenvalue weighted by Gasteiger charge is -2.11. The van der Waals surface area contributed by atoms with E-state index in [2.05, 4.69) is 15.3 Å². The molecule has 0 aliphatic rings. The van der Waals surface area contributed by atoms with Gasteiger partial charge in [-0.25, -0.2) is 9.97 Å². The second kappa shape index (κ2) is 5.48. The van der Waals surface area contributed by atoms with Gasteiger partial charge in [0.1, 0.15) is 5.82 Å². The molecular weight excluding hydrogens is 267 g/mol. The fraction of sp³-hybridized carbons (Fsp3) is 0.286. The Morgan fingerprint density at radius 2 is 1.75 bits per heavy atom. The molecule has 3 nitrogen and oxygen atoms in total. The van der Waals surface area contributed by atoms with Gasteiger partial charge in [-0.15, -0.1) is 0 Å². The van der Waals surface area contributed by atoms with Gasteiger partial charge in [0.25, 0.3) is 0 Å². The van der Waals surface area contributed by atoms with Gasteiger partial charge in [0.15, 0.2) is 0 Å². The van der Waals surface area contributed by atoms with Gasteiger partial charge in [-0.05, 0) is 13.8 Å². The van der Waals surface area contributed by atoms with E-state index < -0.39 is 12.0 Å². The quantitative estimate of drug-likeness (QED) is 0.927. The summed E-state index contributed by atoms with van der Waals surface area (Å²) in [6, 6.07) is 8.67. The van der Waals surface area contributed by atoms with E-state index in [0.29, 0.717) is 12.1 Å². The summed E-state index contributed by atoms with van der Waals surface area (Å²) in [7, 11) is 0. The number of rotatable bonds is 3. The fourth-order valence-corrected chi connectivity index (χ4v) is 1.72. The smallest absolute Gasteiger partial charge is 0.370 e. The Bertz CT molecular complexity index is 592. The van der Waals surface area contributed by atoms with Crippen molar-refractivity contribution in [1.82, 2.24) is 9.97 Å². The third kappa shape index (κ3) is 3.26. The highest BCUT2D eigenvalue weighted by molar-refractivity contribution is 5.62. The SMILES string of the molecule is CCNc1cc(-c2ccc(C)cc2)nc(C(F)(F)F)n1. The molecule has 20 heavy (non-hydrogen) atoms. The van der Waals surface area contributed by atoms with Crippen molar-refractivity contribution in [3.63, 3.8) is 0 Å². The molecule has 0 aliphatic carbocycles. The van der Waals surface area contributed by atoms with Crippen molar-refractivity contribution in [1.29, 1.82) is 0 Å². The summed E-state index contributed by atoms with van der Waals surface area (Å²) >= 11 is 0. The van der Waals surface area contributed by atoms with Crippen molar-refractivity contribution in [2.45, 2.75) is 20.0 Å². The van der Waals surface area contributed by atoms with E-state index in [1.807, 2.05) is 19.1 Å². The molecule has 0 bridgehead atoms. The summed E-state index contributed by atoms with van der Waals surface area (Å²) < 4.78 is 38.4. The maximum atomic E-state index is 12.8. The van der Waals surface area contributed by atoms with Crippen molar-refractivity contribution in [2.24, 2.45) is 0 Å². The van der Waals surface area contributed by atoms with Crippen molar-refractivity contribution >= 4 is 5.82 Å². The molecule has 0 saturated heterocycles. The predicted octanol–water partition coefficient (Wildman–Crippen LogP) is 3.90. The van der Waals surface area contributed by atoms with E-state index in [4.69, 9.17) is 0 Å². The number of nitrogens with zero attached hydrogens (tertiary/aromatic N) is 2. The Morgan fingerprint density at radius 3 is 2.30 bits per heavy atom. The summed E-state index contributed by atoms with van der Waals surface area (Å²) in [5, 5.41) is 2.79. The Morgan fingerprint density at radius 1 is 1.10 bits per heavy atom. The Balaban J connectivity index is 2.51. The number of hydrogen-bond acceptors (Lipinski definition) is 3. The number of alkyl halides is 3. The highest BCUT2D eigenvalue weighted by atomic mass is 19.4. The summed E-state index contributed by atoms with van der Waals surface area (Å²) in [6.07, 6.45) is -4.56. The number of nitrogens with one attached hydrogen (secondary N) is 1. The summed E-state index contributed by atoms with van der Waals surface area (Å²) in [5.74, 6) is -0.961. The zero-order valence-corrected chi connectivity index (χ0v) is 11.1. The molecule has 6 heteroatoms. The largest absolute Gasteiger partial charge is 0.451 e. The minimum Gasteiger partial charge on any atom is -0.370 e. The minimum atomic E-state index is -4.56. The molecule has 1 aromatic heterocycles. The average Bonchev–Trinajstić information content (AvgIpc) is 2.38. The standard InChI is InChI=1S/C14H14F3N3/c1-3-18-12-8-11(10-6-4-9(2)5-7-10)19-13(20-12)14(15,16)17/h4-8H,3H2,1-2H3,(H,18,19,20). The van der Waals surface area contributed by atoms with Gasteiger partial charge in [0.2, 0.25) is 5.82 Å². The van der Waals surface area contributed by atoms with Crippen LogP contribution < -0.4 is 5.32 Å². The van der Waals surface area contributed by atoms with Gasteiger partial charge in [-0.2, -0.15) is 13.2 Å². The van der Waals surface area contributed by atoms with Crippen molar-refractivity contribution in [3.8, 4) is 11.3 Å². The first kappa shape index (κ1) is 14.3. The zero-order chi connectivity index (χ0) is 14.8. The van der Waals surface area contributed by atoms with E-state index in [0.717, 1.165) is 5.56 Å². The molecule has 1 aromatic carbocycles. The molecule has 2 rings (SSSR count). The topological polar surface area (TPSA) is 37.8 Å². The van der Waals surface area contributed by atoms with Crippen LogP contribution in [0.4, 0.5) is 19.0 Å². The Kier molecular flexibility index (Phi) is 3.92. The fourth-order valence-electron chi connectivity index (χ4n) is 1.72. The van der Waals surface area contributed by atoms with E-state index in [-0.39, 0.29) is 11.5 Å². The lowest BCUT2D eigenvalue weighted by molar-refractivity contribution is -0.144. The van der Waals surface area contributed by atoms with Crippen LogP contribution in [0.15, 0.2) is 30.3 Å². The van der Waals surface area contributed by atoms with Gasteiger partial charge in [-0.3, -0.25) is 0 Å². The minimum absolute atomic E-state index is 0.172. The molecule has 0 unspecified atom stereocenters. The summed E-state index contributed by atoms with van der Waals surface area (Å²) in [4.78, 5) is 7.10. The van der Waals surface area contributed by atoms with Crippen LogP contribution in [0, 0.1) is 6.92 Å². The molecular formula is C14H14F3N3. The maximum Gasteiger partial charge on any atom is 0.451 e. The molecule has 106 valence electrons. The second-order valence-corrected chi connectivity index (χ2v) is 4.36. The van der Waals surface area contributed by atoms with Gasteiger partial charge < -0.3 is 5.32 Å². The molecule has 0 atom stereocenters. The molecule has 0 amide bonds. The number of anilines is 1. The molecule has 2 aromatic rings. The third-order valence-electron chi connectivity index (χ3n) is 2.68. The normalized spacial score (nSPS) is 11.4. The van der Waals surface area contributed by atoms with Gasteiger partial charge in [0.05, 0.1) is 5.69 Å². The maximum absolute atomic E-state index is 12.8. The van der Waals surface area contributed by atoms with Crippen molar-refractivity contribution < 1.29 is 13.2 Å². The first-order valence-electron chi connectivity index (χ1n) is 6.17. The van der Waals surface area contributed by atoms with Crippen molar-refractivity contribution in [2.75, 3.05) is 11.9 Å². The molecule has 0 radical (unpaired) electrons. The number of aryl methyl sites for hydroxylation is 1. The molecule has 1 heterocycles. The average molecular weight is 281 g/mol. The van der Waals surface area contributed by atoms with Gasteiger partial charge in [0, 0.05) is 18.2 Å². The molecule has 0 saturated carbocycles. The lowest BCUT2D eigenvalue weighted by atomic mass is 10.1. The zero-order valence-electron chi connectivity index (χ0n) is 11.1. The highest BCUT2D eigenvalue weighted by Gasteiger charge is 2.35. The first-order valence-corrected chi connectivity index (χ1v) is 6.17. The summed E-state index contributed by atoms with van der Waals surface area (Å²) in [6.45, 7) is 4.19. The Labute approximate surface area is 114 Å². The molecule has 1 N–H and O–H groups in total. The third-order valence-corrected chi connectivity index (χ3v) is 2.68. The van der Waals surface area contributed by atoms with Crippen LogP contribution in [0.2, 0.25) is 0 Å². The monoisotopic (exact) mass is 281 g/mol. The van der Waals surface area contributed by atoms with E-state index >= 15 is 0 Å². The first-order chi connectivity index (χ1) is 9.40. The van der Waals surface area contributed by atoms with Crippen LogP contribution in [0.25, 0.3) is 11.3 Å². The predicted molar refractivity (Wildman–Crippen MR) is 71.4 cm³/mol. The van der Waals surface area contributed by atoms with E-state index in [9.17, 15) is 13.2 Å². The lowest BCUT2D eigenvalue weighted by Crippen LogP contribution is -2.13. The van der Waals surface area contributed by atoms with Crippen LogP contribution in [-0.4, -0.2) is 16.5 Å². The van der Waals surface area contributed by atoms with Gasteiger partial charge >= 0.3 is 6.18 Å². The van der Waals surface area contributed by atoms with Crippen LogP contribution in [0.1, 0.15) is 18.3 Å².